The second kappa shape index (κ2) is 5.50. The van der Waals surface area contributed by atoms with Crippen LogP contribution in [-0.4, -0.2) is 5.16 Å². The van der Waals surface area contributed by atoms with E-state index in [-0.39, 0.29) is 11.1 Å². The van der Waals surface area contributed by atoms with Gasteiger partial charge in [-0.3, -0.25) is 0 Å². The van der Waals surface area contributed by atoms with E-state index >= 15 is 0 Å². The molecule has 3 nitrogen and oxygen atoms in total. The lowest BCUT2D eigenvalue weighted by atomic mass is 10.1. The van der Waals surface area contributed by atoms with Crippen LogP contribution in [0.4, 0.5) is 4.39 Å². The summed E-state index contributed by atoms with van der Waals surface area (Å²) in [5.41, 5.74) is 1.67. The minimum atomic E-state index is -0.403. The van der Waals surface area contributed by atoms with Crippen LogP contribution in [0.3, 0.4) is 0 Å². The van der Waals surface area contributed by atoms with Crippen LogP contribution < -0.4 is 5.32 Å². The molecule has 1 unspecified atom stereocenters. The Morgan fingerprint density at radius 1 is 1.44 bits per heavy atom. The first-order chi connectivity index (χ1) is 8.56. The number of rotatable bonds is 4. The van der Waals surface area contributed by atoms with Gasteiger partial charge in [0.1, 0.15) is 11.6 Å². The van der Waals surface area contributed by atoms with E-state index in [4.69, 9.17) is 16.1 Å². The maximum Gasteiger partial charge on any atom is 0.142 e. The van der Waals surface area contributed by atoms with Gasteiger partial charge >= 0.3 is 0 Å². The first-order valence-electron chi connectivity index (χ1n) is 5.67. The van der Waals surface area contributed by atoms with Crippen LogP contribution in [0, 0.1) is 12.7 Å². The molecule has 96 valence electrons. The van der Waals surface area contributed by atoms with E-state index in [1.54, 1.807) is 12.1 Å². The van der Waals surface area contributed by atoms with Gasteiger partial charge in [0.05, 0.1) is 10.7 Å². The molecule has 5 heteroatoms. The zero-order chi connectivity index (χ0) is 13.1. The van der Waals surface area contributed by atoms with Gasteiger partial charge in [-0.2, -0.15) is 0 Å². The van der Waals surface area contributed by atoms with E-state index in [1.165, 1.54) is 6.07 Å². The molecule has 0 fully saturated rings. The second-order valence-electron chi connectivity index (χ2n) is 4.21. The van der Waals surface area contributed by atoms with Crippen LogP contribution in [0.5, 0.6) is 0 Å². The highest BCUT2D eigenvalue weighted by molar-refractivity contribution is 6.30. The quantitative estimate of drug-likeness (QED) is 0.920. The van der Waals surface area contributed by atoms with Crippen molar-refractivity contribution in [3.63, 3.8) is 0 Å². The van der Waals surface area contributed by atoms with Crippen molar-refractivity contribution >= 4 is 11.6 Å². The molecule has 0 amide bonds. The molecule has 1 aromatic carbocycles. The van der Waals surface area contributed by atoms with Crippen molar-refractivity contribution in [2.75, 3.05) is 0 Å². The molecule has 0 aliphatic rings. The number of halogens is 2. The summed E-state index contributed by atoms with van der Waals surface area (Å²) >= 11 is 5.64. The monoisotopic (exact) mass is 268 g/mol. The first kappa shape index (κ1) is 13.1. The molecule has 0 bridgehead atoms. The topological polar surface area (TPSA) is 38.1 Å². The molecule has 1 heterocycles. The van der Waals surface area contributed by atoms with Gasteiger partial charge in [0.2, 0.25) is 0 Å². The third kappa shape index (κ3) is 3.09. The van der Waals surface area contributed by atoms with Gasteiger partial charge in [-0.15, -0.1) is 0 Å². The minimum absolute atomic E-state index is 0.00812. The first-order valence-corrected chi connectivity index (χ1v) is 6.04. The zero-order valence-corrected chi connectivity index (χ0v) is 11.0. The summed E-state index contributed by atoms with van der Waals surface area (Å²) in [5.74, 6) is 0.372. The van der Waals surface area contributed by atoms with E-state index in [2.05, 4.69) is 10.5 Å². The molecule has 0 saturated carbocycles. The Balaban J connectivity index is 1.99. The normalized spacial score (nSPS) is 12.7. The van der Waals surface area contributed by atoms with Crippen LogP contribution in [0.2, 0.25) is 5.02 Å². The Hall–Kier alpha value is -1.39. The Morgan fingerprint density at radius 2 is 2.22 bits per heavy atom. The Labute approximate surface area is 110 Å². The SMILES string of the molecule is Cc1cc(CNC(C)c2ccc(Cl)c(F)c2)no1. The summed E-state index contributed by atoms with van der Waals surface area (Å²) in [7, 11) is 0. The standard InChI is InChI=1S/C13H14ClFN2O/c1-8-5-11(17-18-8)7-16-9(2)10-3-4-12(14)13(15)6-10/h3-6,9,16H,7H2,1-2H3. The van der Waals surface area contributed by atoms with Crippen molar-refractivity contribution in [3.05, 3.63) is 52.1 Å². The molecule has 1 aromatic heterocycles. The predicted molar refractivity (Wildman–Crippen MR) is 67.9 cm³/mol. The van der Waals surface area contributed by atoms with Crippen molar-refractivity contribution in [1.82, 2.24) is 10.5 Å². The molecule has 0 aliphatic heterocycles. The number of aromatic nitrogens is 1. The average molecular weight is 269 g/mol. The van der Waals surface area contributed by atoms with E-state index in [0.29, 0.717) is 6.54 Å². The van der Waals surface area contributed by atoms with Gasteiger partial charge in [-0.25, -0.2) is 4.39 Å². The summed E-state index contributed by atoms with van der Waals surface area (Å²) in [4.78, 5) is 0. The van der Waals surface area contributed by atoms with Crippen molar-refractivity contribution in [2.24, 2.45) is 0 Å². The van der Waals surface area contributed by atoms with E-state index in [0.717, 1.165) is 17.0 Å². The second-order valence-corrected chi connectivity index (χ2v) is 4.61. The van der Waals surface area contributed by atoms with Gasteiger partial charge in [0.25, 0.3) is 0 Å². The Morgan fingerprint density at radius 3 is 2.83 bits per heavy atom. The largest absolute Gasteiger partial charge is 0.361 e. The van der Waals surface area contributed by atoms with Gasteiger partial charge in [0.15, 0.2) is 0 Å². The van der Waals surface area contributed by atoms with Crippen LogP contribution in [0.15, 0.2) is 28.8 Å². The van der Waals surface area contributed by atoms with Gasteiger partial charge in [0, 0.05) is 18.7 Å². The third-order valence-electron chi connectivity index (χ3n) is 2.71. The maximum absolute atomic E-state index is 13.3. The highest BCUT2D eigenvalue weighted by atomic mass is 35.5. The van der Waals surface area contributed by atoms with E-state index < -0.39 is 5.82 Å². The van der Waals surface area contributed by atoms with Gasteiger partial charge < -0.3 is 9.84 Å². The fourth-order valence-electron chi connectivity index (χ4n) is 1.66. The van der Waals surface area contributed by atoms with Crippen LogP contribution in [0.1, 0.15) is 30.0 Å². The highest BCUT2D eigenvalue weighted by Crippen LogP contribution is 2.20. The van der Waals surface area contributed by atoms with Crippen molar-refractivity contribution < 1.29 is 8.91 Å². The van der Waals surface area contributed by atoms with Crippen LogP contribution >= 0.6 is 11.6 Å². The van der Waals surface area contributed by atoms with Crippen molar-refractivity contribution in [3.8, 4) is 0 Å². The van der Waals surface area contributed by atoms with Crippen LogP contribution in [-0.2, 0) is 6.54 Å². The number of benzene rings is 1. The van der Waals surface area contributed by atoms with Crippen molar-refractivity contribution in [1.29, 1.82) is 0 Å². The summed E-state index contributed by atoms with van der Waals surface area (Å²) < 4.78 is 18.3. The number of hydrogen-bond donors (Lipinski definition) is 1. The predicted octanol–water partition coefficient (Wildman–Crippen LogP) is 3.63. The Bertz CT molecular complexity index is 542. The van der Waals surface area contributed by atoms with Crippen molar-refractivity contribution in [2.45, 2.75) is 26.4 Å². The molecule has 18 heavy (non-hydrogen) atoms. The molecular weight excluding hydrogens is 255 g/mol. The number of nitrogens with one attached hydrogen (secondary N) is 1. The van der Waals surface area contributed by atoms with Crippen LogP contribution in [0.25, 0.3) is 0 Å². The Kier molecular flexibility index (Phi) is 3.99. The maximum atomic E-state index is 13.3. The molecule has 2 aromatic rings. The lowest BCUT2D eigenvalue weighted by Crippen LogP contribution is -2.18. The average Bonchev–Trinajstić information content (AvgIpc) is 2.75. The summed E-state index contributed by atoms with van der Waals surface area (Å²) in [6.45, 7) is 4.37. The van der Waals surface area contributed by atoms with Gasteiger partial charge in [-0.05, 0) is 31.5 Å². The summed E-state index contributed by atoms with van der Waals surface area (Å²) in [6.07, 6.45) is 0. The molecule has 1 atom stereocenters. The summed E-state index contributed by atoms with van der Waals surface area (Å²) in [5, 5.41) is 7.26. The van der Waals surface area contributed by atoms with E-state index in [9.17, 15) is 4.39 Å². The molecular formula is C13H14ClFN2O. The molecule has 1 N–H and O–H groups in total. The minimum Gasteiger partial charge on any atom is -0.361 e. The molecule has 2 rings (SSSR count). The molecule has 0 spiro atoms. The molecule has 0 radical (unpaired) electrons. The lowest BCUT2D eigenvalue weighted by Gasteiger charge is -2.13. The van der Waals surface area contributed by atoms with E-state index in [1.807, 2.05) is 19.9 Å². The number of nitrogens with zero attached hydrogens (tertiary/aromatic N) is 1. The molecule has 0 aliphatic carbocycles. The molecule has 0 saturated heterocycles. The lowest BCUT2D eigenvalue weighted by molar-refractivity contribution is 0.386. The fraction of sp³-hybridized carbons (Fsp3) is 0.308. The number of hydrogen-bond acceptors (Lipinski definition) is 3. The zero-order valence-electron chi connectivity index (χ0n) is 10.2. The number of aryl methyl sites for hydroxylation is 1. The smallest absolute Gasteiger partial charge is 0.142 e. The highest BCUT2D eigenvalue weighted by Gasteiger charge is 2.09. The third-order valence-corrected chi connectivity index (χ3v) is 3.02. The summed E-state index contributed by atoms with van der Waals surface area (Å²) in [6, 6.07) is 6.67. The fourth-order valence-corrected chi connectivity index (χ4v) is 1.78. The van der Waals surface area contributed by atoms with Gasteiger partial charge in [-0.1, -0.05) is 22.8 Å².